The molecule has 4 heterocycles. The van der Waals surface area contributed by atoms with Gasteiger partial charge in [0.1, 0.15) is 24.0 Å². The summed E-state index contributed by atoms with van der Waals surface area (Å²) < 4.78 is 36.4. The number of likely N-dealkylation sites (tertiary alicyclic amines) is 1. The van der Waals surface area contributed by atoms with E-state index in [1.165, 1.54) is 30.2 Å². The topological polar surface area (TPSA) is 235 Å². The molecular formula is C21H29N9O8S2. The number of rotatable bonds is 11. The predicted octanol–water partition coefficient (Wildman–Crippen LogP) is -1.50. The third-order valence-corrected chi connectivity index (χ3v) is 8.29. The van der Waals surface area contributed by atoms with Crippen LogP contribution in [0.15, 0.2) is 16.7 Å². The van der Waals surface area contributed by atoms with Crippen molar-refractivity contribution in [1.82, 2.24) is 29.6 Å². The Labute approximate surface area is 233 Å². The number of carboxylic acids is 1. The van der Waals surface area contributed by atoms with Crippen molar-refractivity contribution in [2.45, 2.75) is 57.5 Å². The van der Waals surface area contributed by atoms with Crippen molar-refractivity contribution in [3.8, 4) is 0 Å². The number of hydrogen-bond donors (Lipinski definition) is 3. The van der Waals surface area contributed by atoms with Gasteiger partial charge in [-0.25, -0.2) is 22.5 Å². The third-order valence-electron chi connectivity index (χ3n) is 6.68. The van der Waals surface area contributed by atoms with E-state index in [0.29, 0.717) is 12.2 Å². The van der Waals surface area contributed by atoms with E-state index in [2.05, 4.69) is 32.7 Å². The van der Waals surface area contributed by atoms with Gasteiger partial charge in [0.25, 0.3) is 11.8 Å². The minimum absolute atomic E-state index is 0.0693. The number of carbonyl (C=O) groups excluding carboxylic acids is 2. The van der Waals surface area contributed by atoms with E-state index in [1.807, 2.05) is 0 Å². The van der Waals surface area contributed by atoms with Gasteiger partial charge in [-0.2, -0.15) is 15.0 Å². The molecule has 0 spiro atoms. The summed E-state index contributed by atoms with van der Waals surface area (Å²) in [6.07, 6.45) is 3.74. The zero-order valence-electron chi connectivity index (χ0n) is 21.9. The standard InChI is InChI=1S/C21H29N9O8S2/c1-21(2,19(33)34)38-27-15(13-11-39-20(22)24-13)17(31)25-16-14(29(18(16)32)40(35,36)37)9-28-23-8-12(26-28)10-30(3)6-4-5-7-30/h8,11,14,16H,4-7,9-10H2,1-3H3,(H4-,22,24,25,31,33,34,35,36,37)/t14?,16-/m0/s1. The Morgan fingerprint density at radius 1 is 1.38 bits per heavy atom. The first-order valence-electron chi connectivity index (χ1n) is 12.1. The molecule has 2 aromatic rings. The minimum Gasteiger partial charge on any atom is -0.731 e. The summed E-state index contributed by atoms with van der Waals surface area (Å²) in [5.74, 6) is -3.58. The van der Waals surface area contributed by atoms with Crippen molar-refractivity contribution in [2.24, 2.45) is 5.16 Å². The Bertz CT molecular complexity index is 1450. The molecular weight excluding hydrogens is 570 g/mol. The summed E-state index contributed by atoms with van der Waals surface area (Å²) in [6, 6.07) is -2.81. The van der Waals surface area contributed by atoms with Crippen LogP contribution in [0, 0.1) is 0 Å². The van der Waals surface area contributed by atoms with Crippen LogP contribution in [-0.2, 0) is 42.6 Å². The molecule has 2 fully saturated rings. The van der Waals surface area contributed by atoms with Gasteiger partial charge < -0.3 is 30.0 Å². The van der Waals surface area contributed by atoms with Crippen LogP contribution < -0.4 is 11.1 Å². The van der Waals surface area contributed by atoms with Crippen LogP contribution >= 0.6 is 11.3 Å². The highest BCUT2D eigenvalue weighted by molar-refractivity contribution is 7.84. The molecule has 2 saturated heterocycles. The zero-order chi connectivity index (χ0) is 29.5. The van der Waals surface area contributed by atoms with Crippen LogP contribution in [0.2, 0.25) is 0 Å². The molecule has 2 aliphatic heterocycles. The fraction of sp³-hybridized carbons (Fsp3) is 0.571. The van der Waals surface area contributed by atoms with Gasteiger partial charge in [0.05, 0.1) is 38.9 Å². The average molecular weight is 600 g/mol. The van der Waals surface area contributed by atoms with Gasteiger partial charge in [-0.05, 0) is 13.8 Å². The summed E-state index contributed by atoms with van der Waals surface area (Å²) in [7, 11) is -3.12. The van der Waals surface area contributed by atoms with Crippen LogP contribution in [0.25, 0.3) is 0 Å². The number of carbonyl (C=O) groups is 3. The number of anilines is 1. The Kier molecular flexibility index (Phi) is 7.85. The maximum Gasteiger partial charge on any atom is 0.350 e. The summed E-state index contributed by atoms with van der Waals surface area (Å²) >= 11 is 0.965. The van der Waals surface area contributed by atoms with Gasteiger partial charge in [0.15, 0.2) is 21.1 Å². The first kappa shape index (κ1) is 29.3. The average Bonchev–Trinajstić information content (AvgIpc) is 3.58. The summed E-state index contributed by atoms with van der Waals surface area (Å²) in [5, 5.41) is 25.2. The van der Waals surface area contributed by atoms with E-state index < -0.39 is 51.5 Å². The molecule has 4 rings (SSSR count). The number of aromatic nitrogens is 4. The number of aliphatic carboxylic acids is 1. The minimum atomic E-state index is -5.22. The molecule has 4 N–H and O–H groups in total. The van der Waals surface area contributed by atoms with Crippen LogP contribution in [0.5, 0.6) is 0 Å². The number of oxime groups is 1. The van der Waals surface area contributed by atoms with Crippen molar-refractivity contribution in [2.75, 3.05) is 25.9 Å². The van der Waals surface area contributed by atoms with Crippen molar-refractivity contribution in [3.05, 3.63) is 23.0 Å². The van der Waals surface area contributed by atoms with Crippen molar-refractivity contribution in [3.63, 3.8) is 0 Å². The molecule has 0 aliphatic carbocycles. The van der Waals surface area contributed by atoms with Crippen molar-refractivity contribution in [1.29, 1.82) is 0 Å². The first-order chi connectivity index (χ1) is 18.6. The molecule has 0 radical (unpaired) electrons. The smallest absolute Gasteiger partial charge is 0.350 e. The Hall–Kier alpha value is -3.68. The highest BCUT2D eigenvalue weighted by Gasteiger charge is 2.52. The highest BCUT2D eigenvalue weighted by atomic mass is 32.2. The lowest BCUT2D eigenvalue weighted by atomic mass is 9.98. The molecule has 2 amide bonds. The Morgan fingerprint density at radius 2 is 2.05 bits per heavy atom. The van der Waals surface area contributed by atoms with Crippen LogP contribution in [-0.4, -0.2) is 108 Å². The van der Waals surface area contributed by atoms with Gasteiger partial charge in [-0.3, -0.25) is 9.59 Å². The molecule has 0 saturated carbocycles. The lowest BCUT2D eigenvalue weighted by Crippen LogP contribution is -2.73. The molecule has 2 aromatic heterocycles. The zero-order valence-corrected chi connectivity index (χ0v) is 23.5. The van der Waals surface area contributed by atoms with Crippen LogP contribution in [0.1, 0.15) is 38.1 Å². The van der Waals surface area contributed by atoms with E-state index >= 15 is 0 Å². The van der Waals surface area contributed by atoms with Crippen LogP contribution in [0.4, 0.5) is 5.13 Å². The number of hydrogen-bond acceptors (Lipinski definition) is 13. The van der Waals surface area contributed by atoms with Gasteiger partial charge in [-0.1, -0.05) is 5.16 Å². The number of nitrogen functional groups attached to an aromatic ring is 1. The highest BCUT2D eigenvalue weighted by Crippen LogP contribution is 2.26. The fourth-order valence-electron chi connectivity index (χ4n) is 4.45. The second-order valence-corrected chi connectivity index (χ2v) is 12.5. The maximum atomic E-state index is 13.2. The molecule has 2 atom stereocenters. The summed E-state index contributed by atoms with van der Waals surface area (Å²) in [5.41, 5.74) is 3.89. The quantitative estimate of drug-likeness (QED) is 0.0879. The number of β-lactam (4-membered cyclic amide) rings is 1. The predicted molar refractivity (Wildman–Crippen MR) is 137 cm³/mol. The van der Waals surface area contributed by atoms with E-state index in [1.54, 1.807) is 0 Å². The fourth-order valence-corrected chi connectivity index (χ4v) is 5.85. The van der Waals surface area contributed by atoms with Crippen LogP contribution in [0.3, 0.4) is 0 Å². The Morgan fingerprint density at radius 3 is 2.62 bits per heavy atom. The summed E-state index contributed by atoms with van der Waals surface area (Å²) in [4.78, 5) is 47.4. The van der Waals surface area contributed by atoms with Crippen molar-refractivity contribution >= 4 is 50.3 Å². The molecule has 19 heteroatoms. The number of nitrogens with zero attached hydrogens (tertiary/aromatic N) is 7. The number of nitrogens with one attached hydrogen (secondary N) is 1. The molecule has 17 nitrogen and oxygen atoms in total. The van der Waals surface area contributed by atoms with Gasteiger partial charge >= 0.3 is 5.97 Å². The van der Waals surface area contributed by atoms with Gasteiger partial charge in [0.2, 0.25) is 5.60 Å². The number of quaternary nitrogens is 1. The molecule has 2 aliphatic rings. The third kappa shape index (κ3) is 6.21. The van der Waals surface area contributed by atoms with Gasteiger partial charge in [0, 0.05) is 18.2 Å². The second kappa shape index (κ2) is 10.7. The molecule has 0 bridgehead atoms. The number of nitrogens with two attached hydrogens (primary N) is 1. The SMILES string of the molecule is CC(C)(ON=C(C(=O)N[C@@H]1C(=O)N(S(=O)(=O)[O-])C1Cn1ncc(C[N+]2(C)CCCC2)n1)c1csc(N)n1)C(=O)O. The Balaban J connectivity index is 1.55. The number of amides is 2. The molecule has 0 aromatic carbocycles. The maximum absolute atomic E-state index is 13.2. The first-order valence-corrected chi connectivity index (χ1v) is 14.4. The van der Waals surface area contributed by atoms with E-state index in [0.717, 1.165) is 41.8 Å². The lowest BCUT2D eigenvalue weighted by molar-refractivity contribution is -0.911. The molecule has 218 valence electrons. The molecule has 1 unspecified atom stereocenters. The van der Waals surface area contributed by atoms with E-state index in [-0.39, 0.29) is 21.7 Å². The summed E-state index contributed by atoms with van der Waals surface area (Å²) in [6.45, 7) is 4.68. The van der Waals surface area contributed by atoms with E-state index in [4.69, 9.17) is 10.6 Å². The number of thiazole rings is 1. The monoisotopic (exact) mass is 599 g/mol. The van der Waals surface area contributed by atoms with Crippen molar-refractivity contribution < 1.29 is 41.8 Å². The van der Waals surface area contributed by atoms with Gasteiger partial charge in [-0.15, -0.1) is 11.3 Å². The largest absolute Gasteiger partial charge is 0.731 e. The lowest BCUT2D eigenvalue weighted by Gasteiger charge is -2.46. The normalized spacial score (nSPS) is 21.2. The molecule has 40 heavy (non-hydrogen) atoms. The second-order valence-electron chi connectivity index (χ2n) is 10.4. The number of carboxylic acid groups (broad SMARTS) is 1. The van der Waals surface area contributed by atoms with E-state index in [9.17, 15) is 32.5 Å².